The van der Waals surface area contributed by atoms with Crippen molar-refractivity contribution in [1.29, 1.82) is 0 Å². The van der Waals surface area contributed by atoms with E-state index >= 15 is 0 Å². The van der Waals surface area contributed by atoms with E-state index in [0.29, 0.717) is 43.6 Å². The summed E-state index contributed by atoms with van der Waals surface area (Å²) in [7, 11) is 0. The van der Waals surface area contributed by atoms with Gasteiger partial charge in [0.05, 0.1) is 12.2 Å². The number of ether oxygens (including phenoxy) is 1. The number of nitrogens with zero attached hydrogens (tertiary/aromatic N) is 3. The van der Waals surface area contributed by atoms with Crippen LogP contribution in [0.25, 0.3) is 6.08 Å². The van der Waals surface area contributed by atoms with Gasteiger partial charge in [0.15, 0.2) is 0 Å². The Morgan fingerprint density at radius 3 is 2.74 bits per heavy atom. The summed E-state index contributed by atoms with van der Waals surface area (Å²) in [6.07, 6.45) is 6.94. The maximum Gasteiger partial charge on any atom is 0.339 e. The molecule has 2 fully saturated rings. The third-order valence-electron chi connectivity index (χ3n) is 5.90. The van der Waals surface area contributed by atoms with Crippen LogP contribution in [-0.4, -0.2) is 54.5 Å². The number of rotatable bonds is 6. The monoisotopic (exact) mass is 423 g/mol. The molecular formula is C24H29N3O4. The minimum atomic E-state index is -0.365. The minimum Gasteiger partial charge on any atom is -0.462 e. The summed E-state index contributed by atoms with van der Waals surface area (Å²) in [4.78, 5) is 32.9. The van der Waals surface area contributed by atoms with Crippen LogP contribution in [0.3, 0.4) is 0 Å². The van der Waals surface area contributed by atoms with E-state index in [2.05, 4.69) is 16.8 Å². The zero-order valence-corrected chi connectivity index (χ0v) is 18.1. The van der Waals surface area contributed by atoms with Crippen LogP contribution in [0.1, 0.15) is 54.5 Å². The van der Waals surface area contributed by atoms with Gasteiger partial charge in [0.1, 0.15) is 17.3 Å². The van der Waals surface area contributed by atoms with Crippen LogP contribution < -0.4 is 4.90 Å². The number of hydrogen-bond donors (Lipinski definition) is 0. The fourth-order valence-corrected chi connectivity index (χ4v) is 3.91. The highest BCUT2D eigenvalue weighted by Gasteiger charge is 2.36. The first-order valence-electron chi connectivity index (χ1n) is 11.0. The molecule has 0 radical (unpaired) electrons. The molecule has 31 heavy (non-hydrogen) atoms. The SMILES string of the molecule is CCOC(=O)c1ccc(N2CCCN(C(=O)/C=C/c3ccc(C4CC4C)o3)CC2)nc1. The van der Waals surface area contributed by atoms with Gasteiger partial charge in [0.2, 0.25) is 5.91 Å². The lowest BCUT2D eigenvalue weighted by atomic mass is 10.2. The fraction of sp³-hybridized carbons (Fsp3) is 0.458. The van der Waals surface area contributed by atoms with Crippen LogP contribution in [0.4, 0.5) is 5.82 Å². The molecule has 3 heterocycles. The lowest BCUT2D eigenvalue weighted by Gasteiger charge is -2.22. The summed E-state index contributed by atoms with van der Waals surface area (Å²) in [5, 5.41) is 0. The van der Waals surface area contributed by atoms with Gasteiger partial charge in [0, 0.05) is 44.4 Å². The number of carbonyl (C=O) groups is 2. The van der Waals surface area contributed by atoms with Crippen molar-refractivity contribution in [3.05, 3.63) is 53.6 Å². The van der Waals surface area contributed by atoms with Gasteiger partial charge in [-0.05, 0) is 56.0 Å². The molecule has 1 saturated heterocycles. The second-order valence-electron chi connectivity index (χ2n) is 8.18. The molecule has 2 atom stereocenters. The van der Waals surface area contributed by atoms with Gasteiger partial charge in [-0.25, -0.2) is 9.78 Å². The van der Waals surface area contributed by atoms with Crippen molar-refractivity contribution < 1.29 is 18.7 Å². The van der Waals surface area contributed by atoms with E-state index in [1.54, 1.807) is 31.3 Å². The van der Waals surface area contributed by atoms with E-state index in [-0.39, 0.29) is 11.9 Å². The first-order valence-corrected chi connectivity index (χ1v) is 11.0. The Hall–Kier alpha value is -3.09. The summed E-state index contributed by atoms with van der Waals surface area (Å²) < 4.78 is 10.8. The van der Waals surface area contributed by atoms with Gasteiger partial charge >= 0.3 is 5.97 Å². The molecule has 7 nitrogen and oxygen atoms in total. The summed E-state index contributed by atoms with van der Waals surface area (Å²) in [5.41, 5.74) is 0.444. The summed E-state index contributed by atoms with van der Waals surface area (Å²) in [6, 6.07) is 7.51. The van der Waals surface area contributed by atoms with Crippen LogP contribution in [-0.2, 0) is 9.53 Å². The van der Waals surface area contributed by atoms with Gasteiger partial charge in [-0.2, -0.15) is 0 Å². The molecule has 2 aromatic heterocycles. The normalized spacial score (nSPS) is 21.2. The molecule has 164 valence electrons. The highest BCUT2D eigenvalue weighted by atomic mass is 16.5. The Morgan fingerprint density at radius 1 is 1.19 bits per heavy atom. The van der Waals surface area contributed by atoms with Crippen LogP contribution in [0.15, 0.2) is 41.0 Å². The third-order valence-corrected chi connectivity index (χ3v) is 5.90. The summed E-state index contributed by atoms with van der Waals surface area (Å²) in [6.45, 7) is 7.15. The number of pyridine rings is 1. The Bertz CT molecular complexity index is 950. The van der Waals surface area contributed by atoms with E-state index in [1.165, 1.54) is 6.42 Å². The van der Waals surface area contributed by atoms with Gasteiger partial charge in [-0.15, -0.1) is 0 Å². The summed E-state index contributed by atoms with van der Waals surface area (Å²) >= 11 is 0. The third kappa shape index (κ3) is 5.16. The summed E-state index contributed by atoms with van der Waals surface area (Å²) in [5.74, 6) is 3.41. The van der Waals surface area contributed by atoms with Crippen LogP contribution in [0.2, 0.25) is 0 Å². The van der Waals surface area contributed by atoms with E-state index in [9.17, 15) is 9.59 Å². The molecule has 2 aliphatic rings. The Kier molecular flexibility index (Phi) is 6.39. The van der Waals surface area contributed by atoms with Crippen molar-refractivity contribution >= 4 is 23.8 Å². The molecule has 0 bridgehead atoms. The predicted octanol–water partition coefficient (Wildman–Crippen LogP) is 3.73. The molecule has 1 amide bonds. The molecule has 0 N–H and O–H groups in total. The predicted molar refractivity (Wildman–Crippen MR) is 118 cm³/mol. The van der Waals surface area contributed by atoms with Crippen molar-refractivity contribution in [3.8, 4) is 0 Å². The Morgan fingerprint density at radius 2 is 2.03 bits per heavy atom. The van der Waals surface area contributed by atoms with E-state index in [1.807, 2.05) is 23.1 Å². The first-order chi connectivity index (χ1) is 15.0. The van der Waals surface area contributed by atoms with Crippen LogP contribution >= 0.6 is 0 Å². The molecule has 0 spiro atoms. The number of hydrogen-bond acceptors (Lipinski definition) is 6. The number of esters is 1. The van der Waals surface area contributed by atoms with Gasteiger partial charge in [-0.3, -0.25) is 4.79 Å². The molecule has 2 aromatic rings. The quantitative estimate of drug-likeness (QED) is 0.521. The Balaban J connectivity index is 1.31. The van der Waals surface area contributed by atoms with Crippen LogP contribution in [0, 0.1) is 5.92 Å². The van der Waals surface area contributed by atoms with E-state index in [0.717, 1.165) is 30.3 Å². The highest BCUT2D eigenvalue weighted by molar-refractivity contribution is 5.91. The molecule has 4 rings (SSSR count). The Labute approximate surface area is 182 Å². The fourth-order valence-electron chi connectivity index (χ4n) is 3.91. The number of aromatic nitrogens is 1. The molecule has 7 heteroatoms. The topological polar surface area (TPSA) is 75.9 Å². The van der Waals surface area contributed by atoms with Gasteiger partial charge in [0.25, 0.3) is 0 Å². The standard InChI is InChI=1S/C24H29N3O4/c1-3-30-24(29)18-5-9-22(25-16-18)26-11-4-12-27(14-13-26)23(28)10-7-19-6-8-21(31-19)20-15-17(20)2/h5-10,16-17,20H,3-4,11-15H2,1-2H3/b10-7+. The average molecular weight is 424 g/mol. The first kappa shape index (κ1) is 21.2. The molecule has 1 aliphatic heterocycles. The second-order valence-corrected chi connectivity index (χ2v) is 8.18. The zero-order valence-electron chi connectivity index (χ0n) is 18.1. The maximum absolute atomic E-state index is 12.7. The van der Waals surface area contributed by atoms with Gasteiger partial charge in [-0.1, -0.05) is 6.92 Å². The number of carbonyl (C=O) groups excluding carboxylic acids is 2. The molecule has 1 aliphatic carbocycles. The largest absolute Gasteiger partial charge is 0.462 e. The average Bonchev–Trinajstić information content (AvgIpc) is 3.41. The number of amides is 1. The van der Waals surface area contributed by atoms with Gasteiger partial charge < -0.3 is 19.0 Å². The van der Waals surface area contributed by atoms with Crippen molar-refractivity contribution in [1.82, 2.24) is 9.88 Å². The maximum atomic E-state index is 12.7. The van der Waals surface area contributed by atoms with Crippen molar-refractivity contribution in [2.45, 2.75) is 32.6 Å². The lowest BCUT2D eigenvalue weighted by molar-refractivity contribution is -0.125. The van der Waals surface area contributed by atoms with Crippen molar-refractivity contribution in [3.63, 3.8) is 0 Å². The minimum absolute atomic E-state index is 0.00907. The highest BCUT2D eigenvalue weighted by Crippen LogP contribution is 2.47. The van der Waals surface area contributed by atoms with Crippen LogP contribution in [0.5, 0.6) is 0 Å². The molecule has 1 saturated carbocycles. The lowest BCUT2D eigenvalue weighted by Crippen LogP contribution is -2.34. The van der Waals surface area contributed by atoms with E-state index in [4.69, 9.17) is 9.15 Å². The zero-order chi connectivity index (χ0) is 21.8. The second kappa shape index (κ2) is 9.37. The van der Waals surface area contributed by atoms with Crippen molar-refractivity contribution in [2.75, 3.05) is 37.7 Å². The van der Waals surface area contributed by atoms with E-state index < -0.39 is 0 Å². The number of anilines is 1. The number of furan rings is 1. The molecule has 2 unspecified atom stereocenters. The molecular weight excluding hydrogens is 394 g/mol. The smallest absolute Gasteiger partial charge is 0.339 e. The molecule has 0 aromatic carbocycles. The van der Waals surface area contributed by atoms with Crippen molar-refractivity contribution in [2.24, 2.45) is 5.92 Å².